The molecule has 0 radical (unpaired) electrons. The maximum atomic E-state index is 12.4. The molecule has 5 nitrogen and oxygen atoms in total. The first kappa shape index (κ1) is 15.8. The lowest BCUT2D eigenvalue weighted by atomic mass is 10.3. The molecule has 2 aromatic rings. The van der Waals surface area contributed by atoms with E-state index < -0.39 is 0 Å². The molecule has 1 aromatic carbocycles. The average molecular weight is 331 g/mol. The highest BCUT2D eigenvalue weighted by Crippen LogP contribution is 2.23. The summed E-state index contributed by atoms with van der Waals surface area (Å²) < 4.78 is 5.27. The molecule has 1 saturated heterocycles. The Morgan fingerprint density at radius 1 is 1.17 bits per heavy atom. The number of nitrogens with one attached hydrogen (secondary N) is 1. The van der Waals surface area contributed by atoms with Gasteiger partial charge in [-0.15, -0.1) is 11.3 Å². The number of para-hydroxylation sites is 2. The molecule has 0 aliphatic carbocycles. The second kappa shape index (κ2) is 7.48. The minimum Gasteiger partial charge on any atom is -0.495 e. The van der Waals surface area contributed by atoms with Crippen molar-refractivity contribution in [3.63, 3.8) is 0 Å². The number of urea groups is 1. The fourth-order valence-electron chi connectivity index (χ4n) is 2.67. The van der Waals surface area contributed by atoms with E-state index in [4.69, 9.17) is 4.74 Å². The molecule has 3 rings (SSSR count). The molecular weight excluding hydrogens is 310 g/mol. The molecule has 1 N–H and O–H groups in total. The van der Waals surface area contributed by atoms with Gasteiger partial charge in [-0.25, -0.2) is 4.79 Å². The van der Waals surface area contributed by atoms with Crippen LogP contribution in [0.3, 0.4) is 0 Å². The Balaban J connectivity index is 1.52. The first-order valence-electron chi connectivity index (χ1n) is 7.70. The Morgan fingerprint density at radius 2 is 1.96 bits per heavy atom. The molecular formula is C17H21N3O2S. The first-order chi connectivity index (χ1) is 11.3. The van der Waals surface area contributed by atoms with Crippen molar-refractivity contribution in [3.05, 3.63) is 46.7 Å². The quantitative estimate of drug-likeness (QED) is 0.936. The molecule has 1 aromatic heterocycles. The van der Waals surface area contributed by atoms with Gasteiger partial charge in [-0.1, -0.05) is 18.2 Å². The van der Waals surface area contributed by atoms with Crippen LogP contribution in [0.5, 0.6) is 5.75 Å². The number of benzene rings is 1. The maximum absolute atomic E-state index is 12.4. The average Bonchev–Trinajstić information content (AvgIpc) is 3.09. The number of nitrogens with zero attached hydrogens (tertiary/aromatic N) is 2. The standard InChI is InChI=1S/C17H21N3O2S/c1-22-16-7-3-2-6-15(16)18-17(21)20-10-8-19(9-11-20)13-14-5-4-12-23-14/h2-7,12H,8-11,13H2,1H3,(H,18,21). The molecule has 0 saturated carbocycles. The van der Waals surface area contributed by atoms with Crippen molar-refractivity contribution in [3.8, 4) is 5.75 Å². The summed E-state index contributed by atoms with van der Waals surface area (Å²) in [5, 5.41) is 5.04. The van der Waals surface area contributed by atoms with Crippen LogP contribution in [0.25, 0.3) is 0 Å². The van der Waals surface area contributed by atoms with Gasteiger partial charge in [-0.3, -0.25) is 4.90 Å². The summed E-state index contributed by atoms with van der Waals surface area (Å²) in [5.41, 5.74) is 0.709. The molecule has 1 fully saturated rings. The van der Waals surface area contributed by atoms with Crippen molar-refractivity contribution in [2.24, 2.45) is 0 Å². The summed E-state index contributed by atoms with van der Waals surface area (Å²) in [7, 11) is 1.61. The summed E-state index contributed by atoms with van der Waals surface area (Å²) in [4.78, 5) is 18.0. The number of anilines is 1. The van der Waals surface area contributed by atoms with E-state index in [9.17, 15) is 4.79 Å². The SMILES string of the molecule is COc1ccccc1NC(=O)N1CCN(Cc2cccs2)CC1. The Labute approximate surface area is 140 Å². The zero-order valence-electron chi connectivity index (χ0n) is 13.2. The molecule has 0 atom stereocenters. The van der Waals surface area contributed by atoms with Crippen LogP contribution in [-0.2, 0) is 6.54 Å². The zero-order valence-corrected chi connectivity index (χ0v) is 14.0. The number of amides is 2. The number of piperazine rings is 1. The molecule has 0 unspecified atom stereocenters. The molecule has 1 aliphatic rings. The monoisotopic (exact) mass is 331 g/mol. The predicted octanol–water partition coefficient (Wildman–Crippen LogP) is 3.11. The van der Waals surface area contributed by atoms with Gasteiger partial charge >= 0.3 is 6.03 Å². The minimum atomic E-state index is -0.0646. The number of carbonyl (C=O) groups is 1. The van der Waals surface area contributed by atoms with E-state index in [-0.39, 0.29) is 6.03 Å². The Morgan fingerprint density at radius 3 is 2.65 bits per heavy atom. The first-order valence-corrected chi connectivity index (χ1v) is 8.58. The second-order valence-electron chi connectivity index (χ2n) is 5.47. The molecule has 0 spiro atoms. The molecule has 6 heteroatoms. The van der Waals surface area contributed by atoms with Crippen LogP contribution >= 0.6 is 11.3 Å². The number of ether oxygens (including phenoxy) is 1. The summed E-state index contributed by atoms with van der Waals surface area (Å²) in [6.45, 7) is 4.26. The highest BCUT2D eigenvalue weighted by atomic mass is 32.1. The van der Waals surface area contributed by atoms with Crippen LogP contribution in [0.2, 0.25) is 0 Å². The number of hydrogen-bond acceptors (Lipinski definition) is 4. The van der Waals surface area contributed by atoms with Crippen molar-refractivity contribution >= 4 is 23.1 Å². The van der Waals surface area contributed by atoms with Crippen molar-refractivity contribution in [2.45, 2.75) is 6.54 Å². The van der Waals surface area contributed by atoms with Gasteiger partial charge in [0, 0.05) is 37.6 Å². The largest absolute Gasteiger partial charge is 0.495 e. The van der Waals surface area contributed by atoms with E-state index in [2.05, 4.69) is 27.7 Å². The third-order valence-corrected chi connectivity index (χ3v) is 4.83. The van der Waals surface area contributed by atoms with Crippen LogP contribution in [-0.4, -0.2) is 49.1 Å². The lowest BCUT2D eigenvalue weighted by molar-refractivity contribution is 0.143. The Bertz CT molecular complexity index is 637. The Hall–Kier alpha value is -2.05. The van der Waals surface area contributed by atoms with Gasteiger partial charge in [-0.2, -0.15) is 0 Å². The topological polar surface area (TPSA) is 44.8 Å². The highest BCUT2D eigenvalue weighted by Gasteiger charge is 2.21. The molecule has 2 heterocycles. The zero-order chi connectivity index (χ0) is 16.1. The summed E-state index contributed by atoms with van der Waals surface area (Å²) in [6, 6.07) is 11.6. The molecule has 23 heavy (non-hydrogen) atoms. The van der Waals surface area contributed by atoms with Crippen molar-refractivity contribution in [2.75, 3.05) is 38.6 Å². The van der Waals surface area contributed by atoms with Crippen molar-refractivity contribution in [1.82, 2.24) is 9.80 Å². The van der Waals surface area contributed by atoms with Crippen LogP contribution in [0, 0.1) is 0 Å². The summed E-state index contributed by atoms with van der Waals surface area (Å²) >= 11 is 1.78. The van der Waals surface area contributed by atoms with Gasteiger partial charge in [0.2, 0.25) is 0 Å². The molecule has 2 amide bonds. The van der Waals surface area contributed by atoms with Gasteiger partial charge in [0.05, 0.1) is 12.8 Å². The molecule has 1 aliphatic heterocycles. The fraction of sp³-hybridized carbons (Fsp3) is 0.353. The van der Waals surface area contributed by atoms with Crippen LogP contribution < -0.4 is 10.1 Å². The number of methoxy groups -OCH3 is 1. The number of rotatable bonds is 4. The number of hydrogen-bond donors (Lipinski definition) is 1. The van der Waals surface area contributed by atoms with E-state index in [0.29, 0.717) is 11.4 Å². The van der Waals surface area contributed by atoms with E-state index >= 15 is 0 Å². The lowest BCUT2D eigenvalue weighted by Gasteiger charge is -2.34. The fourth-order valence-corrected chi connectivity index (χ4v) is 3.42. The predicted molar refractivity (Wildman–Crippen MR) is 93.2 cm³/mol. The lowest BCUT2D eigenvalue weighted by Crippen LogP contribution is -2.49. The van der Waals surface area contributed by atoms with Gasteiger partial charge in [0.15, 0.2) is 0 Å². The van der Waals surface area contributed by atoms with Crippen LogP contribution in [0.4, 0.5) is 10.5 Å². The van der Waals surface area contributed by atoms with Crippen LogP contribution in [0.1, 0.15) is 4.88 Å². The van der Waals surface area contributed by atoms with Gasteiger partial charge in [0.25, 0.3) is 0 Å². The second-order valence-corrected chi connectivity index (χ2v) is 6.51. The Kier molecular flexibility index (Phi) is 5.15. The summed E-state index contributed by atoms with van der Waals surface area (Å²) in [5.74, 6) is 0.678. The van der Waals surface area contributed by atoms with Gasteiger partial charge in [-0.05, 0) is 23.6 Å². The highest BCUT2D eigenvalue weighted by molar-refractivity contribution is 7.09. The molecule has 122 valence electrons. The van der Waals surface area contributed by atoms with Crippen molar-refractivity contribution in [1.29, 1.82) is 0 Å². The normalized spacial score (nSPS) is 15.4. The maximum Gasteiger partial charge on any atom is 0.322 e. The van der Waals surface area contributed by atoms with E-state index in [1.54, 1.807) is 18.4 Å². The van der Waals surface area contributed by atoms with Crippen LogP contribution in [0.15, 0.2) is 41.8 Å². The van der Waals surface area contributed by atoms with E-state index in [1.165, 1.54) is 4.88 Å². The van der Waals surface area contributed by atoms with E-state index in [1.807, 2.05) is 29.2 Å². The third-order valence-electron chi connectivity index (χ3n) is 3.97. The third kappa shape index (κ3) is 4.03. The number of thiophene rings is 1. The van der Waals surface area contributed by atoms with Gasteiger partial charge in [0.1, 0.15) is 5.75 Å². The van der Waals surface area contributed by atoms with Crippen molar-refractivity contribution < 1.29 is 9.53 Å². The molecule has 0 bridgehead atoms. The summed E-state index contributed by atoms with van der Waals surface area (Å²) in [6.07, 6.45) is 0. The minimum absolute atomic E-state index is 0.0646. The van der Waals surface area contributed by atoms with E-state index in [0.717, 1.165) is 32.7 Å². The van der Waals surface area contributed by atoms with Gasteiger partial charge < -0.3 is 15.0 Å². The number of carbonyl (C=O) groups excluding carboxylic acids is 1. The smallest absolute Gasteiger partial charge is 0.322 e.